The Labute approximate surface area is 83.2 Å². The Hall–Kier alpha value is -1.06. The van der Waals surface area contributed by atoms with Crippen molar-refractivity contribution in [3.63, 3.8) is 0 Å². The predicted molar refractivity (Wildman–Crippen MR) is 49.9 cm³/mol. The summed E-state index contributed by atoms with van der Waals surface area (Å²) in [7, 11) is 0. The van der Waals surface area contributed by atoms with Gasteiger partial charge >= 0.3 is 6.09 Å². The van der Waals surface area contributed by atoms with E-state index < -0.39 is 5.60 Å². The number of likely N-dealkylation sites (tertiary alicyclic amines) is 1. The van der Waals surface area contributed by atoms with Gasteiger partial charge in [0.2, 0.25) is 0 Å². The van der Waals surface area contributed by atoms with Crippen LogP contribution in [0.4, 0.5) is 4.79 Å². The summed E-state index contributed by atoms with van der Waals surface area (Å²) < 4.78 is 5.17. The first-order chi connectivity index (χ1) is 6.32. The van der Waals surface area contributed by atoms with E-state index >= 15 is 0 Å². The molecule has 0 N–H and O–H groups in total. The predicted octanol–water partition coefficient (Wildman–Crippen LogP) is 1.20. The van der Waals surface area contributed by atoms with Gasteiger partial charge in [-0.1, -0.05) is 0 Å². The molecule has 4 heteroatoms. The van der Waals surface area contributed by atoms with Crippen LogP contribution in [0.25, 0.3) is 0 Å². The minimum Gasteiger partial charge on any atom is -0.444 e. The zero-order valence-electron chi connectivity index (χ0n) is 8.79. The van der Waals surface area contributed by atoms with Crippen LogP contribution in [0.15, 0.2) is 0 Å². The Kier molecular flexibility index (Phi) is 1.69. The van der Waals surface area contributed by atoms with Crippen LogP contribution in [-0.4, -0.2) is 35.5 Å². The van der Waals surface area contributed by atoms with Crippen LogP contribution in [0.5, 0.6) is 0 Å². The molecule has 0 radical (unpaired) electrons. The van der Waals surface area contributed by atoms with Gasteiger partial charge in [0, 0.05) is 19.5 Å². The second kappa shape index (κ2) is 2.49. The molecule has 1 spiro atoms. The summed E-state index contributed by atoms with van der Waals surface area (Å²) in [6.45, 7) is 6.62. The van der Waals surface area contributed by atoms with Crippen molar-refractivity contribution in [2.24, 2.45) is 5.41 Å². The van der Waals surface area contributed by atoms with Crippen LogP contribution >= 0.6 is 0 Å². The normalized spacial score (nSPS) is 23.4. The molecule has 78 valence electrons. The van der Waals surface area contributed by atoms with Gasteiger partial charge in [-0.05, 0) is 20.8 Å². The highest BCUT2D eigenvalue weighted by molar-refractivity contribution is 6.03. The van der Waals surface area contributed by atoms with E-state index in [1.165, 1.54) is 0 Å². The van der Waals surface area contributed by atoms with Gasteiger partial charge in [-0.25, -0.2) is 4.79 Å². The number of nitrogens with zero attached hydrogens (tertiary/aromatic N) is 1. The number of carbonyl (C=O) groups excluding carboxylic acids is 2. The Morgan fingerprint density at radius 1 is 1.43 bits per heavy atom. The first-order valence-corrected chi connectivity index (χ1v) is 4.84. The van der Waals surface area contributed by atoms with Gasteiger partial charge in [0.1, 0.15) is 11.4 Å². The summed E-state index contributed by atoms with van der Waals surface area (Å²) in [5, 5.41) is 0. The zero-order chi connectivity index (χ0) is 10.6. The van der Waals surface area contributed by atoms with Gasteiger partial charge in [-0.2, -0.15) is 0 Å². The molecule has 1 saturated heterocycles. The van der Waals surface area contributed by atoms with Crippen LogP contribution in [0.3, 0.4) is 0 Å². The molecule has 0 bridgehead atoms. The zero-order valence-corrected chi connectivity index (χ0v) is 8.79. The number of ketones is 1. The molecule has 1 saturated carbocycles. The van der Waals surface area contributed by atoms with E-state index in [9.17, 15) is 9.59 Å². The van der Waals surface area contributed by atoms with Crippen molar-refractivity contribution in [3.8, 4) is 0 Å². The van der Waals surface area contributed by atoms with E-state index in [1.807, 2.05) is 20.8 Å². The lowest BCUT2D eigenvalue weighted by molar-refractivity contribution is -0.115. The highest BCUT2D eigenvalue weighted by Crippen LogP contribution is 2.49. The lowest BCUT2D eigenvalue weighted by Crippen LogP contribution is -2.53. The van der Waals surface area contributed by atoms with E-state index in [1.54, 1.807) is 4.90 Å². The Bertz CT molecular complexity index is 297. The quantitative estimate of drug-likeness (QED) is 0.586. The van der Waals surface area contributed by atoms with E-state index in [2.05, 4.69) is 0 Å². The Balaban J connectivity index is 1.82. The minimum absolute atomic E-state index is 0.156. The molecular weight excluding hydrogens is 182 g/mol. The van der Waals surface area contributed by atoms with Crippen molar-refractivity contribution < 1.29 is 14.3 Å². The lowest BCUT2D eigenvalue weighted by atomic mass is 9.97. The molecule has 2 fully saturated rings. The topological polar surface area (TPSA) is 46.6 Å². The summed E-state index contributed by atoms with van der Waals surface area (Å²) in [5.41, 5.74) is -0.607. The minimum atomic E-state index is -0.451. The number of Topliss-reactive ketones (excluding diaryl/α,β-unsaturated/α-hetero) is 1. The van der Waals surface area contributed by atoms with Crippen molar-refractivity contribution >= 4 is 11.9 Å². The van der Waals surface area contributed by atoms with Gasteiger partial charge in [-0.3, -0.25) is 4.79 Å². The number of hydrogen-bond acceptors (Lipinski definition) is 3. The SMILES string of the molecule is CC(C)(C)OC(=O)N1CC2(CC2=O)C1. The van der Waals surface area contributed by atoms with E-state index in [4.69, 9.17) is 4.74 Å². The van der Waals surface area contributed by atoms with E-state index in [0.717, 1.165) is 0 Å². The van der Waals surface area contributed by atoms with Crippen LogP contribution in [-0.2, 0) is 9.53 Å². The maximum absolute atomic E-state index is 11.5. The smallest absolute Gasteiger partial charge is 0.410 e. The number of ether oxygens (including phenoxy) is 1. The third kappa shape index (κ3) is 1.49. The maximum Gasteiger partial charge on any atom is 0.410 e. The van der Waals surface area contributed by atoms with Gasteiger partial charge in [-0.15, -0.1) is 0 Å². The largest absolute Gasteiger partial charge is 0.444 e. The molecule has 1 heterocycles. The molecule has 0 aromatic rings. The van der Waals surface area contributed by atoms with Gasteiger partial charge in [0.15, 0.2) is 0 Å². The fraction of sp³-hybridized carbons (Fsp3) is 0.800. The standard InChI is InChI=1S/C10H15NO3/c1-9(2,3)14-8(13)11-5-10(6-11)4-7(10)12/h4-6H2,1-3H3. The molecule has 1 aliphatic carbocycles. The molecule has 0 aromatic heterocycles. The fourth-order valence-corrected chi connectivity index (χ4v) is 1.69. The number of rotatable bonds is 0. The number of amides is 1. The monoisotopic (exact) mass is 197 g/mol. The average Bonchev–Trinajstić information content (AvgIpc) is 2.53. The van der Waals surface area contributed by atoms with Crippen LogP contribution in [0.2, 0.25) is 0 Å². The van der Waals surface area contributed by atoms with Crippen molar-refractivity contribution in [3.05, 3.63) is 0 Å². The van der Waals surface area contributed by atoms with Crippen molar-refractivity contribution in [1.82, 2.24) is 4.90 Å². The van der Waals surface area contributed by atoms with Crippen molar-refractivity contribution in [2.45, 2.75) is 32.8 Å². The maximum atomic E-state index is 11.5. The molecule has 14 heavy (non-hydrogen) atoms. The second-order valence-corrected chi connectivity index (χ2v) is 5.22. The fourth-order valence-electron chi connectivity index (χ4n) is 1.69. The summed E-state index contributed by atoms with van der Waals surface area (Å²) >= 11 is 0. The summed E-state index contributed by atoms with van der Waals surface area (Å²) in [5.74, 6) is 0.289. The molecule has 0 unspecified atom stereocenters. The third-order valence-corrected chi connectivity index (χ3v) is 2.60. The molecule has 1 amide bonds. The number of carbonyl (C=O) groups is 2. The third-order valence-electron chi connectivity index (χ3n) is 2.60. The first kappa shape index (κ1) is 9.49. The Morgan fingerprint density at radius 2 is 1.93 bits per heavy atom. The van der Waals surface area contributed by atoms with Gasteiger partial charge < -0.3 is 9.64 Å². The average molecular weight is 197 g/mol. The van der Waals surface area contributed by atoms with E-state index in [0.29, 0.717) is 19.5 Å². The molecule has 0 aromatic carbocycles. The summed E-state index contributed by atoms with van der Waals surface area (Å²) in [6.07, 6.45) is 0.342. The van der Waals surface area contributed by atoms with Gasteiger partial charge in [0.05, 0.1) is 5.41 Å². The molecule has 2 rings (SSSR count). The molecule has 2 aliphatic rings. The molecule has 4 nitrogen and oxygen atoms in total. The second-order valence-electron chi connectivity index (χ2n) is 5.22. The van der Waals surface area contributed by atoms with Gasteiger partial charge in [0.25, 0.3) is 0 Å². The van der Waals surface area contributed by atoms with Crippen LogP contribution < -0.4 is 0 Å². The van der Waals surface area contributed by atoms with Crippen LogP contribution in [0, 0.1) is 5.41 Å². The highest BCUT2D eigenvalue weighted by Gasteiger charge is 2.63. The highest BCUT2D eigenvalue weighted by atomic mass is 16.6. The molecular formula is C10H15NO3. The lowest BCUT2D eigenvalue weighted by Gasteiger charge is -2.38. The van der Waals surface area contributed by atoms with Crippen molar-refractivity contribution in [2.75, 3.05) is 13.1 Å². The molecule has 1 aliphatic heterocycles. The first-order valence-electron chi connectivity index (χ1n) is 4.84. The number of hydrogen-bond donors (Lipinski definition) is 0. The summed E-state index contributed by atoms with van der Waals surface area (Å²) in [4.78, 5) is 24.0. The van der Waals surface area contributed by atoms with E-state index in [-0.39, 0.29) is 17.3 Å². The summed E-state index contributed by atoms with van der Waals surface area (Å²) in [6, 6.07) is 0. The van der Waals surface area contributed by atoms with Crippen molar-refractivity contribution in [1.29, 1.82) is 0 Å². The molecule has 0 atom stereocenters. The van der Waals surface area contributed by atoms with Crippen LogP contribution in [0.1, 0.15) is 27.2 Å². The Morgan fingerprint density at radius 3 is 2.29 bits per heavy atom.